The maximum absolute atomic E-state index is 9.41. The molecule has 0 heterocycles. The van der Waals surface area contributed by atoms with Crippen molar-refractivity contribution in [2.75, 3.05) is 0 Å². The van der Waals surface area contributed by atoms with Gasteiger partial charge in [-0.3, -0.25) is 0 Å². The van der Waals surface area contributed by atoms with Crippen molar-refractivity contribution in [1.29, 1.82) is 5.53 Å². The normalized spacial score (nSPS) is 9.86. The molecule has 0 amide bonds. The molecule has 40 valence electrons. The largest absolute Gasteiger partial charge is 0.739 e. The minimum absolute atomic E-state index is 0.0208. The molecule has 7 heavy (non-hydrogen) atoms. The highest BCUT2D eigenvalue weighted by atomic mass is 32.2. The Labute approximate surface area is 40.0 Å². The van der Waals surface area contributed by atoms with E-state index in [1.807, 2.05) is 0 Å². The quantitative estimate of drug-likeness (QED) is 0.155. The summed E-state index contributed by atoms with van der Waals surface area (Å²) >= 11 is 0. The van der Waals surface area contributed by atoms with Crippen molar-refractivity contribution in [3.8, 4) is 0 Å². The fourth-order valence-corrected chi connectivity index (χ4v) is 0.194. The highest BCUT2D eigenvalue weighted by molar-refractivity contribution is 7.99. The molecule has 0 saturated heterocycles. The smallest absolute Gasteiger partial charge is 0.408 e. The van der Waals surface area contributed by atoms with Crippen LogP contribution >= 0.6 is 0 Å². The Balaban J connectivity index is 4.44. The van der Waals surface area contributed by atoms with Gasteiger partial charge in [0.15, 0.2) is 10.1 Å². The minimum atomic E-state index is -4.40. The predicted octanol–water partition coefficient (Wildman–Crippen LogP) is -1.20. The van der Waals surface area contributed by atoms with E-state index in [0.717, 1.165) is 0 Å². The van der Waals surface area contributed by atoms with Crippen molar-refractivity contribution in [2.24, 2.45) is 0 Å². The van der Waals surface area contributed by atoms with Crippen LogP contribution in [0.3, 0.4) is 0 Å². The van der Waals surface area contributed by atoms with Gasteiger partial charge in [-0.15, -0.1) is 0 Å². The first-order valence-corrected chi connectivity index (χ1v) is 2.69. The van der Waals surface area contributed by atoms with Crippen LogP contribution in [0.5, 0.6) is 0 Å². The van der Waals surface area contributed by atoms with Crippen molar-refractivity contribution >= 4 is 15.7 Å². The van der Waals surface area contributed by atoms with Crippen molar-refractivity contribution in [1.82, 2.24) is 0 Å². The summed E-state index contributed by atoms with van der Waals surface area (Å²) in [5.74, 6) is 0. The van der Waals surface area contributed by atoms with Crippen molar-refractivity contribution in [3.05, 3.63) is 0 Å². The first-order valence-electron chi connectivity index (χ1n) is 1.22. The third-order valence-electron chi connectivity index (χ3n) is 0.182. The van der Waals surface area contributed by atoms with Gasteiger partial charge >= 0.3 is 5.55 Å². The third kappa shape index (κ3) is 5.29. The zero-order valence-electron chi connectivity index (χ0n) is 3.16. The summed E-state index contributed by atoms with van der Waals surface area (Å²) in [6.45, 7) is 0. The number of rotatable bonds is 1. The lowest BCUT2D eigenvalue weighted by molar-refractivity contribution is -0.109. The molecule has 6 heteroatoms. The molecule has 0 aliphatic heterocycles. The zero-order chi connectivity index (χ0) is 5.91. The van der Waals surface area contributed by atoms with Gasteiger partial charge in [-0.1, -0.05) is 0 Å². The van der Waals surface area contributed by atoms with Gasteiger partial charge in [0.1, 0.15) is 0 Å². The Morgan fingerprint density at radius 1 is 1.71 bits per heavy atom. The Bertz CT molecular complexity index is 185. The molecule has 5 nitrogen and oxygen atoms in total. The van der Waals surface area contributed by atoms with Gasteiger partial charge in [0.2, 0.25) is 0 Å². The average molecular weight is 122 g/mol. The van der Waals surface area contributed by atoms with Crippen LogP contribution in [0.25, 0.3) is 0 Å². The van der Waals surface area contributed by atoms with Crippen LogP contribution in [-0.2, 0) is 10.1 Å². The number of nitrogens with zero attached hydrogens (tertiary/aromatic N) is 1. The zero-order valence-corrected chi connectivity index (χ0v) is 3.97. The lowest BCUT2D eigenvalue weighted by Crippen LogP contribution is -1.97. The third-order valence-corrected chi connectivity index (χ3v) is 0.545. The lowest BCUT2D eigenvalue weighted by Gasteiger charge is -1.84. The van der Waals surface area contributed by atoms with E-state index in [0.29, 0.717) is 0 Å². The lowest BCUT2D eigenvalue weighted by atomic mass is 11.7. The van der Waals surface area contributed by atoms with Crippen LogP contribution in [-0.4, -0.2) is 23.3 Å². The first kappa shape index (κ1) is 6.29. The molecule has 0 unspecified atom stereocenters. The maximum atomic E-state index is 9.41. The van der Waals surface area contributed by atoms with Crippen molar-refractivity contribution in [3.63, 3.8) is 0 Å². The maximum Gasteiger partial charge on any atom is 0.408 e. The Morgan fingerprint density at radius 2 is 2.14 bits per heavy atom. The van der Waals surface area contributed by atoms with Crippen LogP contribution in [0.15, 0.2) is 0 Å². The van der Waals surface area contributed by atoms with E-state index < -0.39 is 10.1 Å². The van der Waals surface area contributed by atoms with E-state index in [9.17, 15) is 13.0 Å². The molecule has 0 spiro atoms. The van der Waals surface area contributed by atoms with Crippen molar-refractivity contribution in [2.45, 2.75) is 0 Å². The molecule has 0 aliphatic carbocycles. The van der Waals surface area contributed by atoms with Crippen LogP contribution in [0.4, 0.5) is 0 Å². The van der Waals surface area contributed by atoms with Crippen LogP contribution in [0, 0.1) is 5.53 Å². The molecule has 0 radical (unpaired) electrons. The topological polar surface area (TPSA) is 95.2 Å². The monoisotopic (exact) mass is 122 g/mol. The summed E-state index contributed by atoms with van der Waals surface area (Å²) in [6, 6.07) is 0. The van der Waals surface area contributed by atoms with E-state index in [-0.39, 0.29) is 5.55 Å². The molecule has 0 rings (SSSR count). The Morgan fingerprint density at radius 3 is 2.14 bits per heavy atom. The van der Waals surface area contributed by atoms with Gasteiger partial charge in [0.05, 0.1) is 10.3 Å². The molecule has 0 atom stereocenters. The average Bonchev–Trinajstić information content (AvgIpc) is 1.30. The SMILES string of the molecule is N=[N+]=CS(=O)(=O)[O-]. The van der Waals surface area contributed by atoms with E-state index >= 15 is 0 Å². The molecule has 0 aromatic carbocycles. The van der Waals surface area contributed by atoms with Crippen molar-refractivity contribution < 1.29 is 17.8 Å². The van der Waals surface area contributed by atoms with E-state index in [1.165, 1.54) is 0 Å². The molecule has 0 saturated carbocycles. The summed E-state index contributed by atoms with van der Waals surface area (Å²) in [5.41, 5.74) is 5.87. The highest BCUT2D eigenvalue weighted by Gasteiger charge is 1.90. The summed E-state index contributed by atoms with van der Waals surface area (Å²) < 4.78 is 28.2. The van der Waals surface area contributed by atoms with Gasteiger partial charge in [-0.25, -0.2) is 8.42 Å². The van der Waals surface area contributed by atoms with Gasteiger partial charge in [0, 0.05) is 0 Å². The van der Waals surface area contributed by atoms with Gasteiger partial charge in [-0.05, 0) is 0 Å². The van der Waals surface area contributed by atoms with Crippen LogP contribution in [0.1, 0.15) is 0 Å². The molecule has 0 aromatic rings. The van der Waals surface area contributed by atoms with Crippen LogP contribution < -0.4 is 0 Å². The summed E-state index contributed by atoms with van der Waals surface area (Å²) in [7, 11) is -4.40. The predicted molar refractivity (Wildman–Crippen MR) is 18.7 cm³/mol. The summed E-state index contributed by atoms with van der Waals surface area (Å²) in [6.07, 6.45) is 0. The summed E-state index contributed by atoms with van der Waals surface area (Å²) in [5, 5.41) is 0. The Kier molecular flexibility index (Phi) is 1.65. The fraction of sp³-hybridized carbons (Fsp3) is 0. The number of hydrogen-bond acceptors (Lipinski definition) is 4. The highest BCUT2D eigenvalue weighted by Crippen LogP contribution is 1.64. The second-order valence-corrected chi connectivity index (χ2v) is 1.92. The standard InChI is InChI=1S/CH2N2O3S/c2-3-1-7(4,5)6/h1-2H. The molecular formula is CH2N2O3S. The second-order valence-electron chi connectivity index (χ2n) is 0.727. The number of hydrogen-bond donors (Lipinski definition) is 1. The fourth-order valence-electron chi connectivity index (χ4n) is 0.0645. The van der Waals surface area contributed by atoms with E-state index in [2.05, 4.69) is 4.79 Å². The molecule has 0 aromatic heterocycles. The van der Waals surface area contributed by atoms with Crippen LogP contribution in [0.2, 0.25) is 0 Å². The molecule has 0 aliphatic rings. The number of nitrogens with one attached hydrogen (secondary N) is 1. The van der Waals surface area contributed by atoms with Gasteiger partial charge < -0.3 is 4.55 Å². The van der Waals surface area contributed by atoms with E-state index in [4.69, 9.17) is 5.53 Å². The summed E-state index contributed by atoms with van der Waals surface area (Å²) in [4.78, 5) is 2.23. The van der Waals surface area contributed by atoms with Gasteiger partial charge in [0.25, 0.3) is 0 Å². The first-order chi connectivity index (χ1) is 3.06. The van der Waals surface area contributed by atoms with E-state index in [1.54, 1.807) is 0 Å². The molecular weight excluding hydrogens is 120 g/mol. The Hall–Kier alpha value is -0.710. The minimum Gasteiger partial charge on any atom is -0.739 e. The molecule has 1 N–H and O–H groups in total. The molecule has 0 fully saturated rings. The molecule has 0 bridgehead atoms. The van der Waals surface area contributed by atoms with Gasteiger partial charge in [-0.2, -0.15) is 0 Å². The second kappa shape index (κ2) is 1.83.